The number of fused-ring (bicyclic) bond motifs is 1. The number of nitrogens with one attached hydrogen (secondary N) is 1. The van der Waals surface area contributed by atoms with Gasteiger partial charge >= 0.3 is 0 Å². The normalized spacial score (nSPS) is 20.2. The third kappa shape index (κ3) is 6.45. The predicted octanol–water partition coefficient (Wildman–Crippen LogP) is 3.30. The number of halogens is 1. The zero-order valence-corrected chi connectivity index (χ0v) is 23.9. The molecule has 2 aromatic heterocycles. The third-order valence-corrected chi connectivity index (χ3v) is 8.53. The Morgan fingerprint density at radius 2 is 1.93 bits per heavy atom. The molecule has 1 aromatic carbocycles. The molecule has 2 aliphatic heterocycles. The van der Waals surface area contributed by atoms with E-state index < -0.39 is 22.1 Å². The molecule has 10 nitrogen and oxygen atoms in total. The molecule has 2 aliphatic rings. The number of sulfone groups is 1. The average molecular weight is 573 g/mol. The minimum absolute atomic E-state index is 0.121. The molecule has 0 amide bonds. The number of anilines is 4. The van der Waals surface area contributed by atoms with Crippen molar-refractivity contribution in [1.29, 1.82) is 0 Å². The summed E-state index contributed by atoms with van der Waals surface area (Å²) in [6, 6.07) is 8.02. The molecule has 2 fully saturated rings. The Balaban J connectivity index is 1.34. The van der Waals surface area contributed by atoms with Crippen molar-refractivity contribution in [2.75, 3.05) is 66.5 Å². The Hall–Kier alpha value is -3.09. The molecule has 0 bridgehead atoms. The highest BCUT2D eigenvalue weighted by molar-refractivity contribution is 7.90. The summed E-state index contributed by atoms with van der Waals surface area (Å²) in [5.74, 6) is 2.27. The molecule has 40 heavy (non-hydrogen) atoms. The van der Waals surface area contributed by atoms with Crippen molar-refractivity contribution in [3.63, 3.8) is 0 Å². The summed E-state index contributed by atoms with van der Waals surface area (Å²) in [5.41, 5.74) is 2.25. The number of aliphatic hydroxyl groups is 1. The van der Waals surface area contributed by atoms with Crippen LogP contribution in [0.5, 0.6) is 0 Å². The number of nitrogens with zero attached hydrogens (tertiary/aromatic N) is 5. The summed E-state index contributed by atoms with van der Waals surface area (Å²) in [4.78, 5) is 17.7. The quantitative estimate of drug-likeness (QED) is 0.374. The summed E-state index contributed by atoms with van der Waals surface area (Å²) in [6.45, 7) is 6.39. The number of pyridine rings is 1. The van der Waals surface area contributed by atoms with Crippen LogP contribution in [-0.4, -0.2) is 92.2 Å². The van der Waals surface area contributed by atoms with Crippen LogP contribution < -0.4 is 15.1 Å². The summed E-state index contributed by atoms with van der Waals surface area (Å²) >= 11 is 0. The number of ether oxygens (including phenoxy) is 1. The molecule has 0 unspecified atom stereocenters. The molecule has 5 rings (SSSR count). The lowest BCUT2D eigenvalue weighted by atomic mass is 9.93. The first-order chi connectivity index (χ1) is 19.1. The van der Waals surface area contributed by atoms with Gasteiger partial charge in [0.05, 0.1) is 31.6 Å². The lowest BCUT2D eigenvalue weighted by Gasteiger charge is -2.41. The van der Waals surface area contributed by atoms with Crippen LogP contribution in [0.3, 0.4) is 0 Å². The van der Waals surface area contributed by atoms with E-state index in [9.17, 15) is 12.8 Å². The summed E-state index contributed by atoms with van der Waals surface area (Å²) in [7, 11) is -3.00. The van der Waals surface area contributed by atoms with E-state index in [0.29, 0.717) is 49.6 Å². The minimum atomic E-state index is -3.00. The minimum Gasteiger partial charge on any atom is -0.394 e. The topological polar surface area (TPSA) is 121 Å². The van der Waals surface area contributed by atoms with Crippen LogP contribution >= 0.6 is 0 Å². The van der Waals surface area contributed by atoms with Crippen molar-refractivity contribution < 1.29 is 22.7 Å². The smallest absolute Gasteiger partial charge is 0.227 e. The van der Waals surface area contributed by atoms with E-state index in [4.69, 9.17) is 9.84 Å². The Kier molecular flexibility index (Phi) is 8.39. The molecule has 0 saturated carbocycles. The molecule has 0 aliphatic carbocycles. The van der Waals surface area contributed by atoms with Crippen LogP contribution in [0.4, 0.5) is 27.7 Å². The number of benzene rings is 1. The van der Waals surface area contributed by atoms with Gasteiger partial charge in [-0.1, -0.05) is 19.9 Å². The van der Waals surface area contributed by atoms with Gasteiger partial charge in [-0.05, 0) is 41.5 Å². The van der Waals surface area contributed by atoms with Gasteiger partial charge < -0.3 is 25.0 Å². The van der Waals surface area contributed by atoms with Crippen LogP contribution in [-0.2, 0) is 14.6 Å². The largest absolute Gasteiger partial charge is 0.394 e. The van der Waals surface area contributed by atoms with E-state index in [2.05, 4.69) is 51.1 Å². The first kappa shape index (κ1) is 28.4. The predicted molar refractivity (Wildman–Crippen MR) is 155 cm³/mol. The number of aliphatic hydroxyl groups excluding tert-OH is 1. The molecule has 2 atom stereocenters. The van der Waals surface area contributed by atoms with Gasteiger partial charge in [0.15, 0.2) is 0 Å². The molecule has 0 radical (unpaired) electrons. The van der Waals surface area contributed by atoms with Crippen molar-refractivity contribution in [1.82, 2.24) is 15.0 Å². The van der Waals surface area contributed by atoms with Crippen molar-refractivity contribution in [2.24, 2.45) is 5.92 Å². The number of hydrogen-bond donors (Lipinski definition) is 2. The zero-order valence-electron chi connectivity index (χ0n) is 23.1. The number of alkyl halides is 1. The van der Waals surface area contributed by atoms with Crippen LogP contribution in [0.2, 0.25) is 0 Å². The molecular formula is C28H37FN6O4S. The second-order valence-electron chi connectivity index (χ2n) is 11.1. The standard InChI is InChI=1S/C28H37FN6O4S/c1-18(2)20-4-5-24(35-14-19(15-35)17-40(3,37)38)22-13-31-27(12-21(20)22)32-26-6-8-30-28(33-26)34-9-7-25(23(29)16-34)39-11-10-36/h4-6,8,12-13,18-19,23,25,36H,7,9-11,14-17H2,1-3H3,(H,30,31,32,33)/t23-,25+/m0/s1. The van der Waals surface area contributed by atoms with Crippen LogP contribution in [0, 0.1) is 5.92 Å². The fourth-order valence-electron chi connectivity index (χ4n) is 5.55. The van der Waals surface area contributed by atoms with Gasteiger partial charge in [0.2, 0.25) is 5.95 Å². The Morgan fingerprint density at radius 3 is 2.62 bits per heavy atom. The van der Waals surface area contributed by atoms with Gasteiger partial charge in [0, 0.05) is 55.3 Å². The van der Waals surface area contributed by atoms with Gasteiger partial charge in [-0.25, -0.2) is 22.8 Å². The highest BCUT2D eigenvalue weighted by Crippen LogP contribution is 2.37. The first-order valence-electron chi connectivity index (χ1n) is 13.7. The Morgan fingerprint density at radius 1 is 1.12 bits per heavy atom. The first-order valence-corrected chi connectivity index (χ1v) is 15.7. The average Bonchev–Trinajstić information content (AvgIpc) is 2.88. The fourth-order valence-corrected chi connectivity index (χ4v) is 6.62. The van der Waals surface area contributed by atoms with E-state index in [-0.39, 0.29) is 31.4 Å². The lowest BCUT2D eigenvalue weighted by molar-refractivity contribution is -0.0262. The van der Waals surface area contributed by atoms with Gasteiger partial charge in [0.25, 0.3) is 0 Å². The second kappa shape index (κ2) is 11.8. The number of piperidine rings is 1. The Bertz CT molecular complexity index is 1450. The molecule has 0 spiro atoms. The van der Waals surface area contributed by atoms with Gasteiger partial charge in [-0.3, -0.25) is 0 Å². The van der Waals surface area contributed by atoms with E-state index in [1.165, 1.54) is 11.8 Å². The second-order valence-corrected chi connectivity index (χ2v) is 13.2. The third-order valence-electron chi connectivity index (χ3n) is 7.46. The number of rotatable bonds is 10. The van der Waals surface area contributed by atoms with Gasteiger partial charge in [0.1, 0.15) is 27.6 Å². The molecule has 4 heterocycles. The summed E-state index contributed by atoms with van der Waals surface area (Å²) in [6.07, 6.45) is 3.54. The number of aromatic nitrogens is 3. The fraction of sp³-hybridized carbons (Fsp3) is 0.536. The van der Waals surface area contributed by atoms with Crippen LogP contribution in [0.15, 0.2) is 36.7 Å². The summed E-state index contributed by atoms with van der Waals surface area (Å²) in [5, 5.41) is 14.3. The maximum absolute atomic E-state index is 14.7. The van der Waals surface area contributed by atoms with Crippen LogP contribution in [0.1, 0.15) is 31.7 Å². The highest BCUT2D eigenvalue weighted by Gasteiger charge is 2.32. The molecule has 2 saturated heterocycles. The van der Waals surface area contributed by atoms with Gasteiger partial charge in [-0.15, -0.1) is 0 Å². The van der Waals surface area contributed by atoms with Gasteiger partial charge in [-0.2, -0.15) is 4.98 Å². The SMILES string of the molecule is CC(C)c1ccc(N2CC(CS(C)(=O)=O)C2)c2cnc(Nc3ccnc(N4CC[C@@H](OCCO)[C@@H](F)C4)n3)cc12. The van der Waals surface area contributed by atoms with E-state index in [1.807, 2.05) is 12.3 Å². The maximum Gasteiger partial charge on any atom is 0.227 e. The highest BCUT2D eigenvalue weighted by atomic mass is 32.2. The van der Waals surface area contributed by atoms with E-state index in [0.717, 1.165) is 16.5 Å². The monoisotopic (exact) mass is 572 g/mol. The van der Waals surface area contributed by atoms with Crippen molar-refractivity contribution in [3.05, 3.63) is 42.2 Å². The van der Waals surface area contributed by atoms with Crippen molar-refractivity contribution >= 4 is 43.9 Å². The van der Waals surface area contributed by atoms with E-state index >= 15 is 0 Å². The maximum atomic E-state index is 14.7. The number of hydrogen-bond acceptors (Lipinski definition) is 10. The molecule has 216 valence electrons. The lowest BCUT2D eigenvalue weighted by Crippen LogP contribution is -2.49. The van der Waals surface area contributed by atoms with Crippen LogP contribution in [0.25, 0.3) is 10.8 Å². The Labute approximate surface area is 234 Å². The molecular weight excluding hydrogens is 535 g/mol. The molecule has 12 heteroatoms. The molecule has 3 aromatic rings. The molecule has 2 N–H and O–H groups in total. The van der Waals surface area contributed by atoms with Crippen molar-refractivity contribution in [3.8, 4) is 0 Å². The van der Waals surface area contributed by atoms with Crippen molar-refractivity contribution in [2.45, 2.75) is 38.5 Å². The van der Waals surface area contributed by atoms with E-state index in [1.54, 1.807) is 17.2 Å². The zero-order chi connectivity index (χ0) is 28.4. The summed E-state index contributed by atoms with van der Waals surface area (Å²) < 4.78 is 43.5.